The van der Waals surface area contributed by atoms with Crippen molar-refractivity contribution in [3.63, 3.8) is 0 Å². The molecule has 0 unspecified atom stereocenters. The fourth-order valence-corrected chi connectivity index (χ4v) is 3.71. The number of thiophene rings is 1. The van der Waals surface area contributed by atoms with Crippen molar-refractivity contribution in [2.75, 3.05) is 6.61 Å². The molecule has 0 atom stereocenters. The van der Waals surface area contributed by atoms with Crippen molar-refractivity contribution in [2.45, 2.75) is 26.6 Å². The van der Waals surface area contributed by atoms with E-state index in [-0.39, 0.29) is 34.8 Å². The van der Waals surface area contributed by atoms with Gasteiger partial charge in [0.1, 0.15) is 16.3 Å². The summed E-state index contributed by atoms with van der Waals surface area (Å²) in [5.74, 6) is -1.02. The van der Waals surface area contributed by atoms with E-state index in [1.54, 1.807) is 19.9 Å². The van der Waals surface area contributed by atoms with Gasteiger partial charge in [-0.3, -0.25) is 4.79 Å². The Morgan fingerprint density at radius 3 is 2.68 bits per heavy atom. The van der Waals surface area contributed by atoms with Gasteiger partial charge in [0.15, 0.2) is 0 Å². The molecule has 0 saturated carbocycles. The van der Waals surface area contributed by atoms with Crippen LogP contribution in [0, 0.1) is 12.7 Å². The number of carbonyl (C=O) groups is 1. The molecule has 0 radical (unpaired) electrons. The molecule has 2 aromatic heterocycles. The smallest absolute Gasteiger partial charge is 0.425 e. The van der Waals surface area contributed by atoms with E-state index < -0.39 is 22.8 Å². The van der Waals surface area contributed by atoms with Gasteiger partial charge in [-0.15, -0.1) is 11.3 Å². The van der Waals surface area contributed by atoms with Crippen LogP contribution in [0.2, 0.25) is 0 Å². The number of aryl methyl sites for hydroxylation is 1. The summed E-state index contributed by atoms with van der Waals surface area (Å²) in [6.07, 6.45) is -4.50. The van der Waals surface area contributed by atoms with Crippen molar-refractivity contribution in [1.29, 1.82) is 0 Å². The van der Waals surface area contributed by atoms with Gasteiger partial charge >= 0.3 is 6.18 Å². The Kier molecular flexibility index (Phi) is 5.55. The lowest BCUT2D eigenvalue weighted by Crippen LogP contribution is -2.25. The van der Waals surface area contributed by atoms with Gasteiger partial charge in [0.2, 0.25) is 5.88 Å². The van der Waals surface area contributed by atoms with Crippen molar-refractivity contribution in [2.24, 2.45) is 0 Å². The van der Waals surface area contributed by atoms with E-state index in [1.165, 1.54) is 18.2 Å². The number of pyridine rings is 1. The Bertz CT molecular complexity index is 1030. The van der Waals surface area contributed by atoms with E-state index in [1.807, 2.05) is 0 Å². The van der Waals surface area contributed by atoms with Crippen LogP contribution in [0.15, 0.2) is 30.3 Å². The number of rotatable bonds is 5. The number of amides is 1. The van der Waals surface area contributed by atoms with Crippen molar-refractivity contribution in [1.82, 2.24) is 10.3 Å². The summed E-state index contributed by atoms with van der Waals surface area (Å²) in [4.78, 5) is 16.0. The Labute approximate surface area is 162 Å². The molecule has 2 heterocycles. The van der Waals surface area contributed by atoms with Crippen LogP contribution in [-0.4, -0.2) is 17.5 Å². The van der Waals surface area contributed by atoms with Crippen molar-refractivity contribution in [3.8, 4) is 5.88 Å². The minimum atomic E-state index is -4.50. The lowest BCUT2D eigenvalue weighted by Gasteiger charge is -2.13. The van der Waals surface area contributed by atoms with E-state index in [9.17, 15) is 22.4 Å². The van der Waals surface area contributed by atoms with E-state index in [4.69, 9.17) is 4.74 Å². The predicted molar refractivity (Wildman–Crippen MR) is 98.1 cm³/mol. The van der Waals surface area contributed by atoms with Gasteiger partial charge in [-0.05, 0) is 43.2 Å². The van der Waals surface area contributed by atoms with Gasteiger partial charge in [0.05, 0.1) is 16.8 Å². The van der Waals surface area contributed by atoms with Gasteiger partial charge in [0, 0.05) is 6.54 Å². The number of aromatic nitrogens is 1. The average Bonchev–Trinajstić information content (AvgIpc) is 3.05. The van der Waals surface area contributed by atoms with Crippen LogP contribution < -0.4 is 10.1 Å². The van der Waals surface area contributed by atoms with Crippen LogP contribution in [0.5, 0.6) is 5.88 Å². The maximum absolute atomic E-state index is 13.3. The van der Waals surface area contributed by atoms with E-state index in [2.05, 4.69) is 10.3 Å². The zero-order chi connectivity index (χ0) is 20.5. The first kappa shape index (κ1) is 20.1. The van der Waals surface area contributed by atoms with E-state index in [0.29, 0.717) is 22.5 Å². The Balaban J connectivity index is 1.98. The van der Waals surface area contributed by atoms with Crippen LogP contribution in [0.3, 0.4) is 0 Å². The minimum absolute atomic E-state index is 0.0317. The molecule has 3 rings (SSSR count). The van der Waals surface area contributed by atoms with Gasteiger partial charge in [-0.2, -0.15) is 13.2 Å². The third-order valence-electron chi connectivity index (χ3n) is 3.99. The highest BCUT2D eigenvalue weighted by Gasteiger charge is 2.34. The van der Waals surface area contributed by atoms with Gasteiger partial charge in [-0.25, -0.2) is 9.37 Å². The molecule has 0 aliphatic heterocycles. The maximum Gasteiger partial charge on any atom is 0.425 e. The summed E-state index contributed by atoms with van der Waals surface area (Å²) in [7, 11) is 0. The number of alkyl halides is 3. The fraction of sp³-hybridized carbons (Fsp3) is 0.263. The molecular weight excluding hydrogens is 396 g/mol. The first-order valence-electron chi connectivity index (χ1n) is 8.37. The fourth-order valence-electron chi connectivity index (χ4n) is 2.74. The molecule has 1 N–H and O–H groups in total. The molecule has 1 aromatic carbocycles. The van der Waals surface area contributed by atoms with Crippen molar-refractivity contribution >= 4 is 27.5 Å². The largest absolute Gasteiger partial charge is 0.477 e. The maximum atomic E-state index is 13.3. The average molecular weight is 412 g/mol. The molecule has 148 valence electrons. The first-order valence-corrected chi connectivity index (χ1v) is 9.19. The second-order valence-electron chi connectivity index (χ2n) is 5.99. The second-order valence-corrected chi connectivity index (χ2v) is 7.04. The quantitative estimate of drug-likeness (QED) is 0.594. The summed E-state index contributed by atoms with van der Waals surface area (Å²) in [6, 6.07) is 6.69. The zero-order valence-corrected chi connectivity index (χ0v) is 15.8. The topological polar surface area (TPSA) is 51.2 Å². The van der Waals surface area contributed by atoms with Gasteiger partial charge < -0.3 is 10.1 Å². The molecule has 0 aliphatic rings. The molecule has 9 heteroatoms. The SMILES string of the molecule is CCOc1nc2cc(C(F)(F)F)sc2c(C)c1C(=O)NCc1cccc(F)c1. The summed E-state index contributed by atoms with van der Waals surface area (Å²) in [5.41, 5.74) is 1.10. The third kappa shape index (κ3) is 4.09. The molecule has 4 nitrogen and oxygen atoms in total. The number of nitrogens with zero attached hydrogens (tertiary/aromatic N) is 1. The monoisotopic (exact) mass is 412 g/mol. The molecule has 0 spiro atoms. The Morgan fingerprint density at radius 1 is 1.29 bits per heavy atom. The number of carbonyl (C=O) groups excluding carboxylic acids is 1. The van der Waals surface area contributed by atoms with Crippen LogP contribution in [0.4, 0.5) is 17.6 Å². The minimum Gasteiger partial charge on any atom is -0.477 e. The molecule has 0 bridgehead atoms. The predicted octanol–water partition coefficient (Wildman–Crippen LogP) is 5.09. The number of hydrogen-bond donors (Lipinski definition) is 1. The summed E-state index contributed by atoms with van der Waals surface area (Å²) in [6.45, 7) is 3.49. The van der Waals surface area contributed by atoms with Crippen LogP contribution in [-0.2, 0) is 12.7 Å². The number of benzene rings is 1. The van der Waals surface area contributed by atoms with E-state index >= 15 is 0 Å². The number of ether oxygens (including phenoxy) is 1. The van der Waals surface area contributed by atoms with Crippen LogP contribution >= 0.6 is 11.3 Å². The number of halogens is 4. The third-order valence-corrected chi connectivity index (χ3v) is 5.28. The second kappa shape index (κ2) is 7.75. The van der Waals surface area contributed by atoms with Gasteiger partial charge in [-0.1, -0.05) is 12.1 Å². The Morgan fingerprint density at radius 2 is 2.04 bits per heavy atom. The molecule has 28 heavy (non-hydrogen) atoms. The zero-order valence-electron chi connectivity index (χ0n) is 15.0. The molecule has 0 fully saturated rings. The molecule has 1 amide bonds. The number of fused-ring (bicyclic) bond motifs is 1. The molecule has 0 saturated heterocycles. The molecule has 0 aliphatic carbocycles. The van der Waals surface area contributed by atoms with Gasteiger partial charge in [0.25, 0.3) is 5.91 Å². The Hall–Kier alpha value is -2.68. The van der Waals surface area contributed by atoms with Crippen molar-refractivity contribution in [3.05, 3.63) is 57.7 Å². The van der Waals surface area contributed by atoms with E-state index in [0.717, 1.165) is 6.07 Å². The number of nitrogens with one attached hydrogen (secondary N) is 1. The molecular formula is C19H16F4N2O2S. The highest BCUT2D eigenvalue weighted by molar-refractivity contribution is 7.19. The first-order chi connectivity index (χ1) is 13.2. The van der Waals surface area contributed by atoms with Crippen LogP contribution in [0.25, 0.3) is 10.2 Å². The normalized spacial score (nSPS) is 11.6. The van der Waals surface area contributed by atoms with Crippen LogP contribution in [0.1, 0.15) is 33.3 Å². The lowest BCUT2D eigenvalue weighted by atomic mass is 10.1. The summed E-state index contributed by atoms with van der Waals surface area (Å²) < 4.78 is 58.1. The highest BCUT2D eigenvalue weighted by Crippen LogP contribution is 2.40. The number of hydrogen-bond acceptors (Lipinski definition) is 4. The standard InChI is InChI=1S/C19H16F4N2O2S/c1-3-27-18-15(17(26)24-9-11-5-4-6-12(20)7-11)10(2)16-13(25-18)8-14(28-16)19(21,22)23/h4-8H,3,9H2,1-2H3,(H,24,26). The summed E-state index contributed by atoms with van der Waals surface area (Å²) >= 11 is 0.533. The lowest BCUT2D eigenvalue weighted by molar-refractivity contribution is -0.134. The van der Waals surface area contributed by atoms with Crippen molar-refractivity contribution < 1.29 is 27.1 Å². The summed E-state index contributed by atoms with van der Waals surface area (Å²) in [5, 5.41) is 2.64. The molecule has 3 aromatic rings. The highest BCUT2D eigenvalue weighted by atomic mass is 32.1.